The number of rotatable bonds is 0. The zero-order valence-electron chi connectivity index (χ0n) is 4.60. The number of hydrogen-bond donors (Lipinski definition) is 0. The smallest absolute Gasteiger partial charge is 0.464 e. The summed E-state index contributed by atoms with van der Waals surface area (Å²) >= 11 is 0. The molecule has 0 aromatic carbocycles. The summed E-state index contributed by atoms with van der Waals surface area (Å²) in [5.41, 5.74) is 0. The van der Waals surface area contributed by atoms with Crippen molar-refractivity contribution in [2.75, 3.05) is 6.61 Å². The highest BCUT2D eigenvalue weighted by atomic mass is 19.4. The Morgan fingerprint density at radius 2 is 2.10 bits per heavy atom. The lowest BCUT2D eigenvalue weighted by Gasteiger charge is -2.02. The van der Waals surface area contributed by atoms with Gasteiger partial charge >= 0.3 is 12.1 Å². The van der Waals surface area contributed by atoms with Crippen molar-refractivity contribution < 1.29 is 22.7 Å². The van der Waals surface area contributed by atoms with E-state index in [-0.39, 0.29) is 0 Å². The topological polar surface area (TPSA) is 38.7 Å². The third-order valence-electron chi connectivity index (χ3n) is 0.801. The first kappa shape index (κ1) is 7.04. The average molecular weight is 153 g/mol. The van der Waals surface area contributed by atoms with Crippen LogP contribution in [0.5, 0.6) is 0 Å². The molecule has 0 fully saturated rings. The van der Waals surface area contributed by atoms with Gasteiger partial charge in [0.2, 0.25) is 0 Å². The Hall–Kier alpha value is -1.07. The van der Waals surface area contributed by atoms with E-state index < -0.39 is 24.6 Å². The van der Waals surface area contributed by atoms with Crippen LogP contribution in [0.2, 0.25) is 0 Å². The second-order valence-electron chi connectivity index (χ2n) is 1.60. The fourth-order valence-corrected chi connectivity index (χ4v) is 0.453. The molecule has 1 aliphatic rings. The number of halogens is 3. The zero-order chi connectivity index (χ0) is 7.78. The van der Waals surface area contributed by atoms with Crippen molar-refractivity contribution in [1.82, 2.24) is 0 Å². The molecule has 0 N–H and O–H groups in total. The normalized spacial score (nSPS) is 18.7. The van der Waals surface area contributed by atoms with E-state index in [2.05, 4.69) is 9.73 Å². The van der Waals surface area contributed by atoms with E-state index in [9.17, 15) is 18.0 Å². The van der Waals surface area contributed by atoms with Gasteiger partial charge < -0.3 is 4.74 Å². The first-order chi connectivity index (χ1) is 4.50. The minimum absolute atomic E-state index is 0.602. The van der Waals surface area contributed by atoms with Gasteiger partial charge in [-0.15, -0.1) is 0 Å². The molecule has 1 aliphatic heterocycles. The van der Waals surface area contributed by atoms with Crippen LogP contribution in [0.25, 0.3) is 0 Å². The number of ether oxygens (including phenoxy) is 1. The number of amides is 1. The molecular weight excluding hydrogens is 151 g/mol. The van der Waals surface area contributed by atoms with Gasteiger partial charge in [0, 0.05) is 0 Å². The zero-order valence-corrected chi connectivity index (χ0v) is 4.60. The van der Waals surface area contributed by atoms with Crippen molar-refractivity contribution >= 4 is 11.8 Å². The molecule has 0 atom stereocenters. The number of nitrogens with zero attached hydrogens (tertiary/aromatic N) is 1. The summed E-state index contributed by atoms with van der Waals surface area (Å²) in [5.74, 6) is -2.34. The van der Waals surface area contributed by atoms with Crippen LogP contribution in [0.15, 0.2) is 4.99 Å². The Labute approximate surface area is 53.5 Å². The molecule has 1 amide bonds. The van der Waals surface area contributed by atoms with E-state index in [1.807, 2.05) is 0 Å². The molecule has 0 bridgehead atoms. The predicted octanol–water partition coefficient (Wildman–Crippen LogP) is 0.504. The van der Waals surface area contributed by atoms with E-state index in [1.54, 1.807) is 0 Å². The van der Waals surface area contributed by atoms with Crippen LogP contribution in [0.4, 0.5) is 13.2 Å². The fourth-order valence-electron chi connectivity index (χ4n) is 0.453. The van der Waals surface area contributed by atoms with Gasteiger partial charge in [0.15, 0.2) is 6.61 Å². The van der Waals surface area contributed by atoms with Crippen LogP contribution in [0.3, 0.4) is 0 Å². The summed E-state index contributed by atoms with van der Waals surface area (Å²) in [4.78, 5) is 12.7. The maximum absolute atomic E-state index is 11.5. The van der Waals surface area contributed by atoms with Gasteiger partial charge in [-0.1, -0.05) is 0 Å². The van der Waals surface area contributed by atoms with E-state index in [0.717, 1.165) is 0 Å². The number of carbonyl (C=O) groups excluding carboxylic acids is 1. The molecule has 0 saturated carbocycles. The third kappa shape index (κ3) is 1.26. The summed E-state index contributed by atoms with van der Waals surface area (Å²) in [7, 11) is 0. The molecule has 0 aromatic rings. The van der Waals surface area contributed by atoms with Crippen LogP contribution in [-0.4, -0.2) is 24.6 Å². The Bertz CT molecular complexity index is 195. The quantitative estimate of drug-likeness (QED) is 0.508. The number of alkyl halides is 3. The Morgan fingerprint density at radius 3 is 2.30 bits per heavy atom. The lowest BCUT2D eigenvalue weighted by molar-refractivity contribution is -0.118. The van der Waals surface area contributed by atoms with Gasteiger partial charge in [0.25, 0.3) is 5.91 Å². The SMILES string of the molecule is O=C1COC(C(F)(F)F)=N1. The van der Waals surface area contributed by atoms with Crippen molar-refractivity contribution in [2.24, 2.45) is 4.99 Å². The lowest BCUT2D eigenvalue weighted by atomic mass is 10.6. The summed E-state index contributed by atoms with van der Waals surface area (Å²) in [6, 6.07) is 0. The maximum atomic E-state index is 11.5. The largest absolute Gasteiger partial charge is 0.468 e. The summed E-state index contributed by atoms with van der Waals surface area (Å²) in [5, 5.41) is 0. The first-order valence-electron chi connectivity index (χ1n) is 2.31. The molecular formula is C4H2F3NO2. The highest BCUT2D eigenvalue weighted by molar-refractivity contribution is 5.99. The molecule has 0 aromatic heterocycles. The van der Waals surface area contributed by atoms with Crippen molar-refractivity contribution in [3.63, 3.8) is 0 Å². The Kier molecular flexibility index (Phi) is 1.38. The van der Waals surface area contributed by atoms with Gasteiger partial charge in [0.1, 0.15) is 0 Å². The van der Waals surface area contributed by atoms with Gasteiger partial charge in [-0.05, 0) is 0 Å². The second-order valence-corrected chi connectivity index (χ2v) is 1.60. The van der Waals surface area contributed by atoms with Crippen LogP contribution < -0.4 is 0 Å². The standard InChI is InChI=1S/C4H2F3NO2/c5-4(6,7)3-8-2(9)1-10-3/h1H2. The minimum atomic E-state index is -4.63. The molecule has 6 heteroatoms. The Morgan fingerprint density at radius 1 is 1.50 bits per heavy atom. The number of hydrogen-bond acceptors (Lipinski definition) is 2. The first-order valence-corrected chi connectivity index (χ1v) is 2.31. The molecule has 0 saturated heterocycles. The fraction of sp³-hybridized carbons (Fsp3) is 0.500. The molecule has 0 aliphatic carbocycles. The molecule has 1 rings (SSSR count). The minimum Gasteiger partial charge on any atom is -0.464 e. The van der Waals surface area contributed by atoms with Gasteiger partial charge in [-0.25, -0.2) is 0 Å². The number of aliphatic imine (C=N–C) groups is 1. The average Bonchev–Trinajstić information content (AvgIpc) is 2.11. The van der Waals surface area contributed by atoms with Crippen LogP contribution in [-0.2, 0) is 9.53 Å². The van der Waals surface area contributed by atoms with E-state index in [4.69, 9.17) is 0 Å². The van der Waals surface area contributed by atoms with Gasteiger partial charge in [-0.2, -0.15) is 18.2 Å². The van der Waals surface area contributed by atoms with Crippen LogP contribution in [0, 0.1) is 0 Å². The molecule has 10 heavy (non-hydrogen) atoms. The van der Waals surface area contributed by atoms with Crippen molar-refractivity contribution in [3.8, 4) is 0 Å². The molecule has 0 unspecified atom stereocenters. The summed E-state index contributed by atoms with van der Waals surface area (Å²) < 4.78 is 38.5. The van der Waals surface area contributed by atoms with E-state index >= 15 is 0 Å². The van der Waals surface area contributed by atoms with Crippen molar-refractivity contribution in [1.29, 1.82) is 0 Å². The van der Waals surface area contributed by atoms with Crippen molar-refractivity contribution in [2.45, 2.75) is 6.18 Å². The van der Waals surface area contributed by atoms with Crippen LogP contribution in [0.1, 0.15) is 0 Å². The highest BCUT2D eigenvalue weighted by Crippen LogP contribution is 2.20. The Balaban J connectivity index is 2.76. The lowest BCUT2D eigenvalue weighted by Crippen LogP contribution is -2.22. The van der Waals surface area contributed by atoms with Crippen molar-refractivity contribution in [3.05, 3.63) is 0 Å². The number of carbonyl (C=O) groups is 1. The summed E-state index contributed by atoms with van der Waals surface area (Å²) in [6.45, 7) is -0.602. The monoisotopic (exact) mass is 153 g/mol. The van der Waals surface area contributed by atoms with E-state index in [1.165, 1.54) is 0 Å². The molecule has 1 heterocycles. The second kappa shape index (κ2) is 1.96. The van der Waals surface area contributed by atoms with Gasteiger partial charge in [-0.3, -0.25) is 4.79 Å². The van der Waals surface area contributed by atoms with E-state index in [0.29, 0.717) is 0 Å². The molecule has 3 nitrogen and oxygen atoms in total. The molecule has 0 spiro atoms. The van der Waals surface area contributed by atoms with Gasteiger partial charge in [0.05, 0.1) is 0 Å². The van der Waals surface area contributed by atoms with Crippen LogP contribution >= 0.6 is 0 Å². The summed E-state index contributed by atoms with van der Waals surface area (Å²) in [6.07, 6.45) is -4.63. The highest BCUT2D eigenvalue weighted by Gasteiger charge is 2.41. The molecule has 0 radical (unpaired) electrons. The maximum Gasteiger partial charge on any atom is 0.468 e. The third-order valence-corrected chi connectivity index (χ3v) is 0.801. The molecule has 56 valence electrons. The predicted molar refractivity (Wildman–Crippen MR) is 24.4 cm³/mol.